The first-order valence-corrected chi connectivity index (χ1v) is 7.96. The maximum absolute atomic E-state index is 11.8. The Morgan fingerprint density at radius 2 is 2.04 bits per heavy atom. The Morgan fingerprint density at radius 1 is 1.30 bits per heavy atom. The number of esters is 1. The molecule has 0 saturated heterocycles. The fraction of sp³-hybridized carbons (Fsp3) is 0.133. The molecule has 2 aromatic rings. The molecular formula is C15H11BrCl2N2O3. The quantitative estimate of drug-likeness (QED) is 0.596. The molecular weight excluding hydrogens is 407 g/mol. The van der Waals surface area contributed by atoms with Crippen molar-refractivity contribution in [2.24, 2.45) is 0 Å². The Hall–Kier alpha value is -1.63. The summed E-state index contributed by atoms with van der Waals surface area (Å²) < 4.78 is 5.85. The van der Waals surface area contributed by atoms with Gasteiger partial charge >= 0.3 is 5.97 Å². The Labute approximate surface area is 151 Å². The number of pyridine rings is 1. The fourth-order valence-corrected chi connectivity index (χ4v) is 2.18. The highest BCUT2D eigenvalue weighted by Gasteiger charge is 2.13. The highest BCUT2D eigenvalue weighted by molar-refractivity contribution is 9.10. The minimum absolute atomic E-state index is 0.0894. The number of nitrogens with one attached hydrogen (secondary N) is 1. The summed E-state index contributed by atoms with van der Waals surface area (Å²) in [7, 11) is 0. The van der Waals surface area contributed by atoms with Crippen molar-refractivity contribution in [2.75, 3.05) is 11.9 Å². The first-order valence-electron chi connectivity index (χ1n) is 6.41. The molecule has 0 aliphatic rings. The number of amides is 1. The van der Waals surface area contributed by atoms with Crippen molar-refractivity contribution in [3.63, 3.8) is 0 Å². The van der Waals surface area contributed by atoms with E-state index in [1.54, 1.807) is 12.1 Å². The molecule has 1 aromatic heterocycles. The third kappa shape index (κ3) is 4.92. The molecule has 120 valence electrons. The van der Waals surface area contributed by atoms with Crippen molar-refractivity contribution < 1.29 is 14.3 Å². The van der Waals surface area contributed by atoms with Crippen molar-refractivity contribution in [1.82, 2.24) is 4.98 Å². The summed E-state index contributed by atoms with van der Waals surface area (Å²) in [5, 5.41) is 2.86. The molecule has 5 nitrogen and oxygen atoms in total. The summed E-state index contributed by atoms with van der Waals surface area (Å²) in [6.07, 6.45) is 1.23. The van der Waals surface area contributed by atoms with Gasteiger partial charge < -0.3 is 10.1 Å². The number of carbonyl (C=O) groups is 2. The molecule has 0 unspecified atom stereocenters. The van der Waals surface area contributed by atoms with Gasteiger partial charge in [0.15, 0.2) is 6.61 Å². The predicted molar refractivity (Wildman–Crippen MR) is 92.0 cm³/mol. The van der Waals surface area contributed by atoms with Gasteiger partial charge in [0.1, 0.15) is 5.15 Å². The van der Waals surface area contributed by atoms with E-state index >= 15 is 0 Å². The number of ether oxygens (including phenoxy) is 1. The minimum Gasteiger partial charge on any atom is -0.452 e. The summed E-state index contributed by atoms with van der Waals surface area (Å²) in [4.78, 5) is 27.4. The van der Waals surface area contributed by atoms with Crippen LogP contribution in [-0.4, -0.2) is 23.5 Å². The van der Waals surface area contributed by atoms with Gasteiger partial charge in [-0.25, -0.2) is 9.78 Å². The number of carbonyl (C=O) groups excluding carboxylic acids is 2. The third-order valence-electron chi connectivity index (χ3n) is 2.81. The summed E-state index contributed by atoms with van der Waals surface area (Å²) in [5.74, 6) is -1.16. The molecule has 0 bridgehead atoms. The Balaban J connectivity index is 1.91. The van der Waals surface area contributed by atoms with E-state index < -0.39 is 18.5 Å². The molecule has 1 N–H and O–H groups in total. The lowest BCUT2D eigenvalue weighted by atomic mass is 10.2. The molecule has 0 atom stereocenters. The number of nitrogens with zero attached hydrogens (tertiary/aromatic N) is 1. The van der Waals surface area contributed by atoms with Gasteiger partial charge in [-0.05, 0) is 36.8 Å². The molecule has 8 heteroatoms. The van der Waals surface area contributed by atoms with Gasteiger partial charge in [-0.2, -0.15) is 0 Å². The van der Waals surface area contributed by atoms with Crippen molar-refractivity contribution in [3.05, 3.63) is 56.2 Å². The monoisotopic (exact) mass is 416 g/mol. The largest absolute Gasteiger partial charge is 0.452 e. The second kappa shape index (κ2) is 7.77. The Kier molecular flexibility index (Phi) is 5.98. The molecule has 1 heterocycles. The minimum atomic E-state index is -0.710. The van der Waals surface area contributed by atoms with Crippen LogP contribution in [0.1, 0.15) is 15.9 Å². The average molecular weight is 418 g/mol. The standard InChI is InChI=1S/C15H11BrCl2N2O3/c1-8-4-10(2-3-11(8)16)20-13(21)7-23-15(22)9-5-12(17)14(18)19-6-9/h2-6H,7H2,1H3,(H,20,21). The highest BCUT2D eigenvalue weighted by atomic mass is 79.9. The first-order chi connectivity index (χ1) is 10.9. The van der Waals surface area contributed by atoms with Crippen LogP contribution in [-0.2, 0) is 9.53 Å². The third-order valence-corrected chi connectivity index (χ3v) is 4.38. The Morgan fingerprint density at radius 3 is 2.70 bits per heavy atom. The number of benzene rings is 1. The SMILES string of the molecule is Cc1cc(NC(=O)COC(=O)c2cnc(Cl)c(Cl)c2)ccc1Br. The molecule has 1 aromatic carbocycles. The van der Waals surface area contributed by atoms with Gasteiger partial charge in [-0.3, -0.25) is 4.79 Å². The molecule has 0 saturated carbocycles. The second-order valence-electron chi connectivity index (χ2n) is 4.58. The van der Waals surface area contributed by atoms with E-state index in [2.05, 4.69) is 26.2 Å². The number of halogens is 3. The van der Waals surface area contributed by atoms with Crippen LogP contribution in [0.5, 0.6) is 0 Å². The molecule has 0 aliphatic carbocycles. The van der Waals surface area contributed by atoms with E-state index in [0.29, 0.717) is 5.69 Å². The zero-order valence-electron chi connectivity index (χ0n) is 11.9. The van der Waals surface area contributed by atoms with Gasteiger partial charge in [0, 0.05) is 16.4 Å². The molecule has 23 heavy (non-hydrogen) atoms. The van der Waals surface area contributed by atoms with Crippen LogP contribution in [0.3, 0.4) is 0 Å². The topological polar surface area (TPSA) is 68.3 Å². The smallest absolute Gasteiger partial charge is 0.340 e. The highest BCUT2D eigenvalue weighted by Crippen LogP contribution is 2.21. The number of aromatic nitrogens is 1. The van der Waals surface area contributed by atoms with Crippen molar-refractivity contribution in [2.45, 2.75) is 6.92 Å². The van der Waals surface area contributed by atoms with Crippen LogP contribution in [0.25, 0.3) is 0 Å². The van der Waals surface area contributed by atoms with Crippen LogP contribution < -0.4 is 5.32 Å². The van der Waals surface area contributed by atoms with Gasteiger partial charge in [-0.15, -0.1) is 0 Å². The zero-order chi connectivity index (χ0) is 17.0. The molecule has 0 aliphatic heterocycles. The van der Waals surface area contributed by atoms with E-state index in [0.717, 1.165) is 10.0 Å². The fourth-order valence-electron chi connectivity index (χ4n) is 1.67. The van der Waals surface area contributed by atoms with Crippen LogP contribution >= 0.6 is 39.1 Å². The second-order valence-corrected chi connectivity index (χ2v) is 6.20. The summed E-state index contributed by atoms with van der Waals surface area (Å²) >= 11 is 14.8. The number of hydrogen-bond acceptors (Lipinski definition) is 4. The number of hydrogen-bond donors (Lipinski definition) is 1. The van der Waals surface area contributed by atoms with Crippen LogP contribution in [0, 0.1) is 6.92 Å². The lowest BCUT2D eigenvalue weighted by molar-refractivity contribution is -0.119. The first kappa shape index (κ1) is 17.7. The maximum atomic E-state index is 11.8. The average Bonchev–Trinajstić information content (AvgIpc) is 2.51. The normalized spacial score (nSPS) is 10.3. The van der Waals surface area contributed by atoms with Crippen molar-refractivity contribution in [1.29, 1.82) is 0 Å². The summed E-state index contributed by atoms with van der Waals surface area (Å²) in [6, 6.07) is 6.68. The molecule has 0 fully saturated rings. The zero-order valence-corrected chi connectivity index (χ0v) is 15.0. The van der Waals surface area contributed by atoms with Gasteiger partial charge in [0.05, 0.1) is 10.6 Å². The van der Waals surface area contributed by atoms with E-state index in [9.17, 15) is 9.59 Å². The number of anilines is 1. The van der Waals surface area contributed by atoms with E-state index in [1.807, 2.05) is 13.0 Å². The van der Waals surface area contributed by atoms with Gasteiger partial charge in [0.2, 0.25) is 0 Å². The van der Waals surface area contributed by atoms with Crippen molar-refractivity contribution in [3.8, 4) is 0 Å². The number of aryl methyl sites for hydroxylation is 1. The lowest BCUT2D eigenvalue weighted by Crippen LogP contribution is -2.21. The van der Waals surface area contributed by atoms with Crippen molar-refractivity contribution >= 4 is 56.7 Å². The molecule has 2 rings (SSSR count). The van der Waals surface area contributed by atoms with Crippen LogP contribution in [0.4, 0.5) is 5.69 Å². The predicted octanol–water partition coefficient (Wildman–Crippen LogP) is 4.25. The van der Waals surface area contributed by atoms with E-state index in [-0.39, 0.29) is 15.7 Å². The lowest BCUT2D eigenvalue weighted by Gasteiger charge is -2.08. The molecule has 0 spiro atoms. The van der Waals surface area contributed by atoms with Gasteiger partial charge in [0.25, 0.3) is 5.91 Å². The van der Waals surface area contributed by atoms with Crippen LogP contribution in [0.15, 0.2) is 34.9 Å². The van der Waals surface area contributed by atoms with Crippen LogP contribution in [0.2, 0.25) is 10.2 Å². The number of rotatable bonds is 4. The summed E-state index contributed by atoms with van der Waals surface area (Å²) in [5.41, 5.74) is 1.70. The molecule has 1 amide bonds. The summed E-state index contributed by atoms with van der Waals surface area (Å²) in [6.45, 7) is 1.48. The van der Waals surface area contributed by atoms with E-state index in [1.165, 1.54) is 12.3 Å². The molecule has 0 radical (unpaired) electrons. The maximum Gasteiger partial charge on any atom is 0.340 e. The van der Waals surface area contributed by atoms with E-state index in [4.69, 9.17) is 27.9 Å². The Bertz CT molecular complexity index is 768. The van der Waals surface area contributed by atoms with Gasteiger partial charge in [-0.1, -0.05) is 39.1 Å².